The molecule has 3 nitrogen and oxygen atoms in total. The van der Waals surface area contributed by atoms with Crippen LogP contribution in [0.25, 0.3) is 0 Å². The molecule has 0 amide bonds. The van der Waals surface area contributed by atoms with Crippen molar-refractivity contribution in [3.8, 4) is 5.75 Å². The molecular formula is C14H24N2O. The third-order valence-corrected chi connectivity index (χ3v) is 2.84. The lowest BCUT2D eigenvalue weighted by molar-refractivity contribution is 0.414. The van der Waals surface area contributed by atoms with Crippen molar-refractivity contribution in [2.24, 2.45) is 0 Å². The topological polar surface area (TPSA) is 24.5 Å². The van der Waals surface area contributed by atoms with Gasteiger partial charge in [-0.15, -0.1) is 0 Å². The van der Waals surface area contributed by atoms with Gasteiger partial charge < -0.3 is 15.0 Å². The number of hydrogen-bond acceptors (Lipinski definition) is 3. The molecule has 0 aliphatic carbocycles. The Kier molecular flexibility index (Phi) is 6.48. The first-order valence-corrected chi connectivity index (χ1v) is 6.34. The van der Waals surface area contributed by atoms with Crippen LogP contribution in [0.1, 0.15) is 19.8 Å². The molecule has 0 saturated carbocycles. The first-order valence-electron chi connectivity index (χ1n) is 6.34. The zero-order valence-corrected chi connectivity index (χ0v) is 11.2. The maximum absolute atomic E-state index is 5.36. The fraction of sp³-hybridized carbons (Fsp3) is 0.571. The van der Waals surface area contributed by atoms with E-state index in [2.05, 4.69) is 30.3 Å². The Balaban J connectivity index is 2.38. The summed E-state index contributed by atoms with van der Waals surface area (Å²) in [5, 5.41) is 3.34. The van der Waals surface area contributed by atoms with Crippen LogP contribution in [0.4, 0.5) is 5.69 Å². The molecule has 1 aromatic rings. The van der Waals surface area contributed by atoms with Crippen molar-refractivity contribution in [2.75, 3.05) is 38.7 Å². The second-order valence-corrected chi connectivity index (χ2v) is 4.15. The number of rotatable bonds is 8. The normalized spacial score (nSPS) is 10.3. The van der Waals surface area contributed by atoms with Gasteiger partial charge in [0.25, 0.3) is 0 Å². The third kappa shape index (κ3) is 4.65. The molecular weight excluding hydrogens is 212 g/mol. The van der Waals surface area contributed by atoms with Crippen LogP contribution in [0.5, 0.6) is 5.75 Å². The summed E-state index contributed by atoms with van der Waals surface area (Å²) in [4.78, 5) is 2.25. The zero-order chi connectivity index (χ0) is 12.5. The minimum absolute atomic E-state index is 0.946. The van der Waals surface area contributed by atoms with Crippen LogP contribution in [0, 0.1) is 0 Å². The molecule has 0 fully saturated rings. The van der Waals surface area contributed by atoms with E-state index >= 15 is 0 Å². The summed E-state index contributed by atoms with van der Waals surface area (Å²) in [7, 11) is 3.84. The van der Waals surface area contributed by atoms with Gasteiger partial charge in [0, 0.05) is 13.6 Å². The highest BCUT2D eigenvalue weighted by atomic mass is 16.5. The van der Waals surface area contributed by atoms with Crippen molar-refractivity contribution < 1.29 is 4.74 Å². The van der Waals surface area contributed by atoms with Crippen LogP contribution in [0.15, 0.2) is 24.3 Å². The van der Waals surface area contributed by atoms with Gasteiger partial charge in [-0.2, -0.15) is 0 Å². The predicted octanol–water partition coefficient (Wildman–Crippen LogP) is 2.52. The van der Waals surface area contributed by atoms with Gasteiger partial charge in [0.15, 0.2) is 0 Å². The number of ether oxygens (including phenoxy) is 1. The Hall–Kier alpha value is -1.22. The Bertz CT molecular complexity index is 315. The maximum Gasteiger partial charge on any atom is 0.142 e. The first-order chi connectivity index (χ1) is 8.29. The fourth-order valence-corrected chi connectivity index (χ4v) is 1.84. The second-order valence-electron chi connectivity index (χ2n) is 4.15. The number of unbranched alkanes of at least 4 members (excludes halogenated alkanes) is 1. The maximum atomic E-state index is 5.36. The van der Waals surface area contributed by atoms with Gasteiger partial charge >= 0.3 is 0 Å². The third-order valence-electron chi connectivity index (χ3n) is 2.84. The molecule has 0 bridgehead atoms. The summed E-state index contributed by atoms with van der Waals surface area (Å²) in [6, 6.07) is 8.15. The molecule has 0 aliphatic heterocycles. The molecule has 0 heterocycles. The van der Waals surface area contributed by atoms with Crippen molar-refractivity contribution in [1.82, 2.24) is 5.32 Å². The summed E-state index contributed by atoms with van der Waals surface area (Å²) in [6.45, 7) is 5.37. The molecule has 3 heteroatoms. The number of para-hydroxylation sites is 2. The second kappa shape index (κ2) is 7.96. The summed E-state index contributed by atoms with van der Waals surface area (Å²) in [5.41, 5.74) is 1.17. The van der Waals surface area contributed by atoms with Crippen LogP contribution < -0.4 is 15.0 Å². The molecule has 0 saturated heterocycles. The van der Waals surface area contributed by atoms with Gasteiger partial charge in [-0.25, -0.2) is 0 Å². The van der Waals surface area contributed by atoms with Crippen molar-refractivity contribution >= 4 is 5.69 Å². The highest BCUT2D eigenvalue weighted by Gasteiger charge is 2.06. The Morgan fingerprint density at radius 1 is 1.24 bits per heavy atom. The van der Waals surface area contributed by atoms with E-state index in [4.69, 9.17) is 4.74 Å². The van der Waals surface area contributed by atoms with E-state index in [1.807, 2.05) is 18.2 Å². The predicted molar refractivity (Wildman–Crippen MR) is 74.0 cm³/mol. The largest absolute Gasteiger partial charge is 0.495 e. The number of nitrogens with one attached hydrogen (secondary N) is 1. The Morgan fingerprint density at radius 3 is 2.71 bits per heavy atom. The lowest BCUT2D eigenvalue weighted by Gasteiger charge is -2.21. The molecule has 1 aromatic carbocycles. The van der Waals surface area contributed by atoms with E-state index in [9.17, 15) is 0 Å². The lowest BCUT2D eigenvalue weighted by Crippen LogP contribution is -2.21. The molecule has 0 spiro atoms. The minimum atomic E-state index is 0.946. The molecule has 0 unspecified atom stereocenters. The monoisotopic (exact) mass is 236 g/mol. The first kappa shape index (κ1) is 13.8. The van der Waals surface area contributed by atoms with Crippen LogP contribution in [-0.2, 0) is 0 Å². The number of methoxy groups -OCH3 is 1. The van der Waals surface area contributed by atoms with Gasteiger partial charge in [0.05, 0.1) is 12.8 Å². The van der Waals surface area contributed by atoms with E-state index in [1.54, 1.807) is 7.11 Å². The van der Waals surface area contributed by atoms with Crippen molar-refractivity contribution in [3.05, 3.63) is 24.3 Å². The highest BCUT2D eigenvalue weighted by Crippen LogP contribution is 2.26. The van der Waals surface area contributed by atoms with Gasteiger partial charge in [0.2, 0.25) is 0 Å². The fourth-order valence-electron chi connectivity index (χ4n) is 1.84. The standard InChI is InChI=1S/C14H24N2O/c1-4-15-11-7-8-12-16(2)13-9-5-6-10-14(13)17-3/h5-6,9-10,15H,4,7-8,11-12H2,1-3H3. The number of anilines is 1. The Labute approximate surface area is 105 Å². The quantitative estimate of drug-likeness (QED) is 0.702. The molecule has 96 valence electrons. The lowest BCUT2D eigenvalue weighted by atomic mass is 10.2. The average molecular weight is 236 g/mol. The van der Waals surface area contributed by atoms with E-state index in [1.165, 1.54) is 18.5 Å². The summed E-state index contributed by atoms with van der Waals surface area (Å²) >= 11 is 0. The smallest absolute Gasteiger partial charge is 0.142 e. The van der Waals surface area contributed by atoms with Crippen LogP contribution >= 0.6 is 0 Å². The van der Waals surface area contributed by atoms with Crippen LogP contribution in [0.2, 0.25) is 0 Å². The molecule has 1 N–H and O–H groups in total. The number of benzene rings is 1. The van der Waals surface area contributed by atoms with Gasteiger partial charge in [-0.1, -0.05) is 19.1 Å². The average Bonchev–Trinajstić information content (AvgIpc) is 2.38. The number of hydrogen-bond donors (Lipinski definition) is 1. The Morgan fingerprint density at radius 2 is 2.00 bits per heavy atom. The van der Waals surface area contributed by atoms with Crippen molar-refractivity contribution in [1.29, 1.82) is 0 Å². The number of nitrogens with zero attached hydrogens (tertiary/aromatic N) is 1. The van der Waals surface area contributed by atoms with E-state index in [0.29, 0.717) is 0 Å². The van der Waals surface area contributed by atoms with Crippen molar-refractivity contribution in [3.63, 3.8) is 0 Å². The summed E-state index contributed by atoms with van der Waals surface area (Å²) in [6.07, 6.45) is 2.41. The summed E-state index contributed by atoms with van der Waals surface area (Å²) < 4.78 is 5.36. The summed E-state index contributed by atoms with van der Waals surface area (Å²) in [5.74, 6) is 0.946. The molecule has 0 aromatic heterocycles. The molecule has 0 radical (unpaired) electrons. The minimum Gasteiger partial charge on any atom is -0.495 e. The van der Waals surface area contributed by atoms with Gasteiger partial charge in [0.1, 0.15) is 5.75 Å². The van der Waals surface area contributed by atoms with Crippen LogP contribution in [0.3, 0.4) is 0 Å². The van der Waals surface area contributed by atoms with Crippen LogP contribution in [-0.4, -0.2) is 33.8 Å². The highest BCUT2D eigenvalue weighted by molar-refractivity contribution is 5.57. The molecule has 17 heavy (non-hydrogen) atoms. The van der Waals surface area contributed by atoms with E-state index < -0.39 is 0 Å². The molecule has 0 atom stereocenters. The van der Waals surface area contributed by atoms with Gasteiger partial charge in [-0.05, 0) is 38.1 Å². The molecule has 1 rings (SSSR count). The van der Waals surface area contributed by atoms with Gasteiger partial charge in [-0.3, -0.25) is 0 Å². The van der Waals surface area contributed by atoms with E-state index in [-0.39, 0.29) is 0 Å². The zero-order valence-electron chi connectivity index (χ0n) is 11.2. The SMILES string of the molecule is CCNCCCCN(C)c1ccccc1OC. The van der Waals surface area contributed by atoms with E-state index in [0.717, 1.165) is 25.4 Å². The van der Waals surface area contributed by atoms with Crippen molar-refractivity contribution in [2.45, 2.75) is 19.8 Å². The molecule has 0 aliphatic rings.